The average molecular weight is 192 g/mol. The Morgan fingerprint density at radius 1 is 1.43 bits per heavy atom. The normalized spacial score (nSPS) is 8.36. The molecule has 0 aromatic heterocycles. The van der Waals surface area contributed by atoms with Gasteiger partial charge in [0.05, 0.1) is 0 Å². The highest BCUT2D eigenvalue weighted by molar-refractivity contribution is 5.70. The van der Waals surface area contributed by atoms with Gasteiger partial charge in [-0.15, -0.1) is 6.58 Å². The molecule has 0 spiro atoms. The average Bonchev–Trinajstić information content (AvgIpc) is 2.08. The Bertz CT molecular complexity index is 287. The van der Waals surface area contributed by atoms with Crippen LogP contribution in [0.3, 0.4) is 0 Å². The van der Waals surface area contributed by atoms with Crippen molar-refractivity contribution in [2.45, 2.75) is 13.3 Å². The van der Waals surface area contributed by atoms with Gasteiger partial charge in [-0.3, -0.25) is 4.79 Å². The molecule has 1 amide bonds. The van der Waals surface area contributed by atoms with Gasteiger partial charge in [0.15, 0.2) is 0 Å². The first-order chi connectivity index (χ1) is 6.56. The third-order valence-corrected chi connectivity index (χ3v) is 1.36. The van der Waals surface area contributed by atoms with Crippen LogP contribution in [0.15, 0.2) is 36.9 Å². The smallest absolute Gasteiger partial charge is 0.214 e. The lowest BCUT2D eigenvalue weighted by Crippen LogP contribution is -2.01. The molecule has 76 valence electrons. The van der Waals surface area contributed by atoms with Crippen LogP contribution in [0.25, 0.3) is 0 Å². The van der Waals surface area contributed by atoms with Gasteiger partial charge in [0, 0.05) is 12.6 Å². The fourth-order valence-corrected chi connectivity index (χ4v) is 0.820. The van der Waals surface area contributed by atoms with Crippen LogP contribution in [-0.4, -0.2) is 5.91 Å². The molecule has 0 heterocycles. The number of nitrogens with two attached hydrogens (primary N) is 2. The van der Waals surface area contributed by atoms with E-state index in [1.165, 1.54) is 12.5 Å². The Balaban J connectivity index is 0.000000364. The molecule has 14 heavy (non-hydrogen) atoms. The van der Waals surface area contributed by atoms with Gasteiger partial charge >= 0.3 is 0 Å². The first kappa shape index (κ1) is 12.2. The zero-order valence-electron chi connectivity index (χ0n) is 8.36. The number of hydrogen-bond acceptors (Lipinski definition) is 2. The molecule has 0 aliphatic carbocycles. The zero-order chi connectivity index (χ0) is 11.0. The van der Waals surface area contributed by atoms with Gasteiger partial charge in [0.25, 0.3) is 0 Å². The molecule has 0 fully saturated rings. The van der Waals surface area contributed by atoms with Crippen LogP contribution >= 0.6 is 0 Å². The minimum absolute atomic E-state index is 0.333. The molecular formula is C11H16N2O. The number of carbonyl (C=O) groups excluding carboxylic acids is 1. The Labute approximate surface area is 84.4 Å². The number of nitrogen functional groups attached to an aromatic ring is 1. The maximum Gasteiger partial charge on any atom is 0.214 e. The predicted octanol–water partition coefficient (Wildman–Crippen LogP) is 1.49. The molecule has 0 aliphatic heterocycles. The van der Waals surface area contributed by atoms with Crippen LogP contribution in [-0.2, 0) is 11.2 Å². The largest absolute Gasteiger partial charge is 0.399 e. The maximum absolute atomic E-state index is 9.22. The number of allylic oxidation sites excluding steroid dienone is 1. The minimum Gasteiger partial charge on any atom is -0.399 e. The van der Waals surface area contributed by atoms with Crippen LogP contribution in [0.2, 0.25) is 0 Å². The molecule has 0 radical (unpaired) electrons. The quantitative estimate of drug-likeness (QED) is 0.550. The summed E-state index contributed by atoms with van der Waals surface area (Å²) in [5, 5.41) is 0. The van der Waals surface area contributed by atoms with E-state index in [4.69, 9.17) is 5.73 Å². The van der Waals surface area contributed by atoms with Gasteiger partial charge in [-0.05, 0) is 24.1 Å². The summed E-state index contributed by atoms with van der Waals surface area (Å²) in [7, 11) is 0. The third-order valence-electron chi connectivity index (χ3n) is 1.36. The second kappa shape index (κ2) is 6.71. The van der Waals surface area contributed by atoms with Crippen LogP contribution in [0.1, 0.15) is 12.5 Å². The van der Waals surface area contributed by atoms with Gasteiger partial charge in [-0.1, -0.05) is 18.2 Å². The predicted molar refractivity (Wildman–Crippen MR) is 59.6 cm³/mol. The SMILES string of the molecule is C=CCc1ccc(N)cc1.CC(N)=O. The second-order valence-corrected chi connectivity index (χ2v) is 2.85. The van der Waals surface area contributed by atoms with E-state index < -0.39 is 0 Å². The van der Waals surface area contributed by atoms with Crippen molar-refractivity contribution < 1.29 is 4.79 Å². The molecule has 0 saturated heterocycles. The number of hydrogen-bond donors (Lipinski definition) is 2. The van der Waals surface area contributed by atoms with Crippen molar-refractivity contribution in [1.29, 1.82) is 0 Å². The van der Waals surface area contributed by atoms with Crippen molar-refractivity contribution >= 4 is 11.6 Å². The number of benzene rings is 1. The molecule has 0 aliphatic rings. The van der Waals surface area contributed by atoms with E-state index in [2.05, 4.69) is 12.3 Å². The number of primary amides is 1. The highest BCUT2D eigenvalue weighted by atomic mass is 16.1. The zero-order valence-corrected chi connectivity index (χ0v) is 8.36. The number of carbonyl (C=O) groups is 1. The van der Waals surface area contributed by atoms with Crippen molar-refractivity contribution in [2.75, 3.05) is 5.73 Å². The fraction of sp³-hybridized carbons (Fsp3) is 0.182. The summed E-state index contributed by atoms with van der Waals surface area (Å²) < 4.78 is 0. The third kappa shape index (κ3) is 6.91. The standard InChI is InChI=1S/C9H11N.C2H5NO/c1-2-3-8-4-6-9(10)7-5-8;1-2(3)4/h2,4-7H,1,3,10H2;1H3,(H2,3,4). The molecule has 1 aromatic rings. The van der Waals surface area contributed by atoms with E-state index in [-0.39, 0.29) is 5.91 Å². The van der Waals surface area contributed by atoms with Crippen LogP contribution < -0.4 is 11.5 Å². The van der Waals surface area contributed by atoms with Crippen LogP contribution in [0.5, 0.6) is 0 Å². The highest BCUT2D eigenvalue weighted by Gasteiger charge is 1.86. The topological polar surface area (TPSA) is 69.1 Å². The lowest BCUT2D eigenvalue weighted by Gasteiger charge is -1.95. The van der Waals surface area contributed by atoms with Crippen LogP contribution in [0, 0.1) is 0 Å². The van der Waals surface area contributed by atoms with Crippen molar-refractivity contribution in [3.05, 3.63) is 42.5 Å². The summed E-state index contributed by atoms with van der Waals surface area (Å²) >= 11 is 0. The summed E-state index contributed by atoms with van der Waals surface area (Å²) in [4.78, 5) is 9.22. The van der Waals surface area contributed by atoms with E-state index in [1.807, 2.05) is 30.3 Å². The first-order valence-corrected chi connectivity index (χ1v) is 4.27. The van der Waals surface area contributed by atoms with Crippen molar-refractivity contribution in [3.8, 4) is 0 Å². The summed E-state index contributed by atoms with van der Waals surface area (Å²) in [6, 6.07) is 7.83. The molecule has 3 heteroatoms. The summed E-state index contributed by atoms with van der Waals surface area (Å²) in [6.07, 6.45) is 2.80. The van der Waals surface area contributed by atoms with E-state index in [1.54, 1.807) is 0 Å². The van der Waals surface area contributed by atoms with Gasteiger partial charge in [0.2, 0.25) is 5.91 Å². The van der Waals surface area contributed by atoms with E-state index in [0.29, 0.717) is 0 Å². The number of amides is 1. The highest BCUT2D eigenvalue weighted by Crippen LogP contribution is 2.05. The van der Waals surface area contributed by atoms with Crippen LogP contribution in [0.4, 0.5) is 5.69 Å². The Hall–Kier alpha value is -1.77. The minimum atomic E-state index is -0.333. The molecule has 0 saturated carbocycles. The van der Waals surface area contributed by atoms with Gasteiger partial charge in [0.1, 0.15) is 0 Å². The second-order valence-electron chi connectivity index (χ2n) is 2.85. The molecule has 0 unspecified atom stereocenters. The fourth-order valence-electron chi connectivity index (χ4n) is 0.820. The number of anilines is 1. The van der Waals surface area contributed by atoms with Gasteiger partial charge in [-0.25, -0.2) is 0 Å². The van der Waals surface area contributed by atoms with E-state index >= 15 is 0 Å². The monoisotopic (exact) mass is 192 g/mol. The molecule has 1 rings (SSSR count). The molecular weight excluding hydrogens is 176 g/mol. The Kier molecular flexibility index (Phi) is 5.87. The lowest BCUT2D eigenvalue weighted by atomic mass is 10.1. The van der Waals surface area contributed by atoms with Gasteiger partial charge < -0.3 is 11.5 Å². The maximum atomic E-state index is 9.22. The molecule has 4 N–H and O–H groups in total. The van der Waals surface area contributed by atoms with Crippen molar-refractivity contribution in [3.63, 3.8) is 0 Å². The van der Waals surface area contributed by atoms with Crippen molar-refractivity contribution in [2.24, 2.45) is 5.73 Å². The van der Waals surface area contributed by atoms with Crippen molar-refractivity contribution in [1.82, 2.24) is 0 Å². The molecule has 3 nitrogen and oxygen atoms in total. The number of rotatable bonds is 2. The van der Waals surface area contributed by atoms with E-state index in [0.717, 1.165) is 12.1 Å². The Morgan fingerprint density at radius 2 is 1.86 bits per heavy atom. The lowest BCUT2D eigenvalue weighted by molar-refractivity contribution is -0.115. The summed E-state index contributed by atoms with van der Waals surface area (Å²) in [5.74, 6) is -0.333. The summed E-state index contributed by atoms with van der Waals surface area (Å²) in [5.41, 5.74) is 12.0. The first-order valence-electron chi connectivity index (χ1n) is 4.27. The molecule has 0 atom stereocenters. The summed E-state index contributed by atoms with van der Waals surface area (Å²) in [6.45, 7) is 4.95. The van der Waals surface area contributed by atoms with Gasteiger partial charge in [-0.2, -0.15) is 0 Å². The molecule has 0 bridgehead atoms. The molecule has 1 aromatic carbocycles. The van der Waals surface area contributed by atoms with E-state index in [9.17, 15) is 4.79 Å². The Morgan fingerprint density at radius 3 is 2.21 bits per heavy atom.